The van der Waals surface area contributed by atoms with Crippen LogP contribution in [0.4, 0.5) is 0 Å². The Hall–Kier alpha value is -2.90. The summed E-state index contributed by atoms with van der Waals surface area (Å²) in [5.74, 6) is -1.54. The van der Waals surface area contributed by atoms with Crippen LogP contribution in [0.25, 0.3) is 11.0 Å². The summed E-state index contributed by atoms with van der Waals surface area (Å²) in [6, 6.07) is 3.83. The summed E-state index contributed by atoms with van der Waals surface area (Å²) in [6.45, 7) is 1.46. The Morgan fingerprint density at radius 3 is 2.78 bits per heavy atom. The number of rotatable bonds is 4. The summed E-state index contributed by atoms with van der Waals surface area (Å²) in [4.78, 5) is 46.8. The first-order valence-corrected chi connectivity index (χ1v) is 9.24. The number of aromatic amines is 1. The van der Waals surface area contributed by atoms with Crippen molar-refractivity contribution in [2.45, 2.75) is 31.7 Å². The molecule has 0 saturated carbocycles. The van der Waals surface area contributed by atoms with Gasteiger partial charge in [-0.05, 0) is 30.5 Å². The number of carbonyl (C=O) groups is 3. The molecule has 8 heteroatoms. The van der Waals surface area contributed by atoms with Crippen LogP contribution in [-0.4, -0.2) is 68.3 Å². The van der Waals surface area contributed by atoms with E-state index in [-0.39, 0.29) is 30.8 Å². The van der Waals surface area contributed by atoms with Crippen LogP contribution >= 0.6 is 0 Å². The van der Waals surface area contributed by atoms with Crippen LogP contribution < -0.4 is 0 Å². The van der Waals surface area contributed by atoms with Crippen LogP contribution in [0.5, 0.6) is 0 Å². The fraction of sp³-hybridized carbons (Fsp3) is 0.474. The maximum Gasteiger partial charge on any atom is 0.308 e. The second-order valence-electron chi connectivity index (χ2n) is 7.29. The van der Waals surface area contributed by atoms with Gasteiger partial charge in [-0.1, -0.05) is 0 Å². The summed E-state index contributed by atoms with van der Waals surface area (Å²) >= 11 is 0. The zero-order chi connectivity index (χ0) is 19.0. The molecular formula is C19H22N4O4. The van der Waals surface area contributed by atoms with Gasteiger partial charge in [0.2, 0.25) is 11.8 Å². The van der Waals surface area contributed by atoms with Crippen molar-refractivity contribution in [2.24, 2.45) is 5.92 Å². The number of aromatic nitrogens is 2. The maximum absolute atomic E-state index is 12.7. The molecule has 0 spiro atoms. The Kier molecular flexibility index (Phi) is 4.55. The molecule has 2 aliphatic heterocycles. The zero-order valence-electron chi connectivity index (χ0n) is 14.9. The highest BCUT2D eigenvalue weighted by Crippen LogP contribution is 2.26. The van der Waals surface area contributed by atoms with E-state index in [2.05, 4.69) is 9.97 Å². The van der Waals surface area contributed by atoms with E-state index in [1.165, 1.54) is 0 Å². The number of amides is 2. The van der Waals surface area contributed by atoms with Crippen LogP contribution in [0.2, 0.25) is 0 Å². The molecule has 0 aliphatic carbocycles. The SMILES string of the molecule is O=C(O)C1CC(=O)N(C2CCN(C(=O)Cc3c[nH]c4ncccc34)CC2)C1. The summed E-state index contributed by atoms with van der Waals surface area (Å²) in [5.41, 5.74) is 1.71. The van der Waals surface area contributed by atoms with Gasteiger partial charge in [-0.15, -0.1) is 0 Å². The monoisotopic (exact) mass is 370 g/mol. The molecule has 2 amide bonds. The van der Waals surface area contributed by atoms with Gasteiger partial charge in [0.05, 0.1) is 12.3 Å². The molecule has 2 aromatic heterocycles. The van der Waals surface area contributed by atoms with Crippen LogP contribution in [0.3, 0.4) is 0 Å². The van der Waals surface area contributed by atoms with E-state index in [0.29, 0.717) is 32.4 Å². The van der Waals surface area contributed by atoms with E-state index in [0.717, 1.165) is 16.6 Å². The number of hydrogen-bond donors (Lipinski definition) is 2. The lowest BCUT2D eigenvalue weighted by Gasteiger charge is -2.36. The molecule has 2 N–H and O–H groups in total. The fourth-order valence-electron chi connectivity index (χ4n) is 4.11. The maximum atomic E-state index is 12.7. The average molecular weight is 370 g/mol. The minimum atomic E-state index is -0.910. The van der Waals surface area contributed by atoms with Gasteiger partial charge in [0.25, 0.3) is 0 Å². The Morgan fingerprint density at radius 2 is 2.07 bits per heavy atom. The third-order valence-electron chi connectivity index (χ3n) is 5.64. The van der Waals surface area contributed by atoms with Gasteiger partial charge in [0.15, 0.2) is 0 Å². The van der Waals surface area contributed by atoms with Gasteiger partial charge in [0, 0.05) is 49.9 Å². The second-order valence-corrected chi connectivity index (χ2v) is 7.29. The van der Waals surface area contributed by atoms with Crippen molar-refractivity contribution < 1.29 is 19.5 Å². The van der Waals surface area contributed by atoms with E-state index in [1.807, 2.05) is 23.2 Å². The Labute approximate surface area is 156 Å². The Balaban J connectivity index is 1.34. The van der Waals surface area contributed by atoms with Crippen LogP contribution in [0.15, 0.2) is 24.5 Å². The number of H-pyrrole nitrogens is 1. The topological polar surface area (TPSA) is 107 Å². The number of hydrogen-bond acceptors (Lipinski definition) is 4. The molecule has 2 aromatic rings. The summed E-state index contributed by atoms with van der Waals surface area (Å²) in [7, 11) is 0. The number of nitrogens with one attached hydrogen (secondary N) is 1. The molecule has 142 valence electrons. The number of carboxylic acid groups (broad SMARTS) is 1. The van der Waals surface area contributed by atoms with E-state index in [9.17, 15) is 14.4 Å². The normalized spacial score (nSPS) is 21.2. The van der Waals surface area contributed by atoms with E-state index < -0.39 is 11.9 Å². The van der Waals surface area contributed by atoms with Gasteiger partial charge in [-0.3, -0.25) is 14.4 Å². The number of nitrogens with zero attached hydrogens (tertiary/aromatic N) is 3. The second kappa shape index (κ2) is 7.02. The highest BCUT2D eigenvalue weighted by molar-refractivity contribution is 5.87. The molecule has 4 rings (SSSR count). The molecule has 0 radical (unpaired) electrons. The first kappa shape index (κ1) is 17.5. The molecule has 1 atom stereocenters. The van der Waals surface area contributed by atoms with Crippen molar-refractivity contribution in [1.29, 1.82) is 0 Å². The van der Waals surface area contributed by atoms with Crippen molar-refractivity contribution in [3.8, 4) is 0 Å². The molecule has 0 aromatic carbocycles. The molecule has 8 nitrogen and oxygen atoms in total. The van der Waals surface area contributed by atoms with Gasteiger partial charge in [0.1, 0.15) is 5.65 Å². The van der Waals surface area contributed by atoms with Crippen molar-refractivity contribution in [1.82, 2.24) is 19.8 Å². The van der Waals surface area contributed by atoms with Gasteiger partial charge >= 0.3 is 5.97 Å². The van der Waals surface area contributed by atoms with Gasteiger partial charge in [-0.2, -0.15) is 0 Å². The largest absolute Gasteiger partial charge is 0.481 e. The number of carbonyl (C=O) groups excluding carboxylic acids is 2. The number of carboxylic acids is 1. The molecular weight excluding hydrogens is 348 g/mol. The third kappa shape index (κ3) is 3.39. The smallest absolute Gasteiger partial charge is 0.308 e. The van der Waals surface area contributed by atoms with Crippen molar-refractivity contribution in [3.63, 3.8) is 0 Å². The predicted molar refractivity (Wildman–Crippen MR) is 96.9 cm³/mol. The molecule has 2 fully saturated rings. The summed E-state index contributed by atoms with van der Waals surface area (Å²) in [5, 5.41) is 10.1. The standard InChI is InChI=1S/C19H22N4O4/c24-16(8-12-10-21-18-15(12)2-1-5-20-18)22-6-3-14(4-7-22)23-11-13(19(26)27)9-17(23)25/h1-2,5,10,13-14H,3-4,6-9,11H2,(H,20,21)(H,26,27). The fourth-order valence-corrected chi connectivity index (χ4v) is 4.11. The summed E-state index contributed by atoms with van der Waals surface area (Å²) in [6.07, 6.45) is 5.34. The van der Waals surface area contributed by atoms with Crippen molar-refractivity contribution in [3.05, 3.63) is 30.1 Å². The number of piperidine rings is 1. The van der Waals surface area contributed by atoms with Crippen LogP contribution in [0, 0.1) is 5.92 Å². The minimum Gasteiger partial charge on any atom is -0.481 e. The molecule has 27 heavy (non-hydrogen) atoms. The number of pyridine rings is 1. The first-order chi connectivity index (χ1) is 13.0. The molecule has 4 heterocycles. The third-order valence-corrected chi connectivity index (χ3v) is 5.64. The van der Waals surface area contributed by atoms with Crippen molar-refractivity contribution in [2.75, 3.05) is 19.6 Å². The van der Waals surface area contributed by atoms with Crippen LogP contribution in [-0.2, 0) is 20.8 Å². The average Bonchev–Trinajstić information content (AvgIpc) is 3.26. The Morgan fingerprint density at radius 1 is 1.30 bits per heavy atom. The minimum absolute atomic E-state index is 0.0307. The lowest BCUT2D eigenvalue weighted by atomic mass is 10.0. The highest BCUT2D eigenvalue weighted by atomic mass is 16.4. The Bertz CT molecular complexity index is 885. The highest BCUT2D eigenvalue weighted by Gasteiger charge is 2.39. The van der Waals surface area contributed by atoms with E-state index in [1.54, 1.807) is 11.1 Å². The predicted octanol–water partition coefficient (Wildman–Crippen LogP) is 1.03. The molecule has 1 unspecified atom stereocenters. The number of likely N-dealkylation sites (tertiary alicyclic amines) is 2. The quantitative estimate of drug-likeness (QED) is 0.836. The number of fused-ring (bicyclic) bond motifs is 1. The van der Waals surface area contributed by atoms with Crippen LogP contribution in [0.1, 0.15) is 24.8 Å². The van der Waals surface area contributed by atoms with Gasteiger partial charge in [-0.25, -0.2) is 4.98 Å². The molecule has 2 aliphatic rings. The van der Waals surface area contributed by atoms with E-state index in [4.69, 9.17) is 5.11 Å². The molecule has 0 bridgehead atoms. The zero-order valence-corrected chi connectivity index (χ0v) is 14.9. The number of aliphatic carboxylic acids is 1. The summed E-state index contributed by atoms with van der Waals surface area (Å²) < 4.78 is 0. The van der Waals surface area contributed by atoms with Gasteiger partial charge < -0.3 is 19.9 Å². The molecule has 2 saturated heterocycles. The van der Waals surface area contributed by atoms with Crippen molar-refractivity contribution >= 4 is 28.8 Å². The lowest BCUT2D eigenvalue weighted by Crippen LogP contribution is -2.47. The van der Waals surface area contributed by atoms with E-state index >= 15 is 0 Å². The lowest BCUT2D eigenvalue weighted by molar-refractivity contribution is -0.141. The first-order valence-electron chi connectivity index (χ1n) is 9.24.